The van der Waals surface area contributed by atoms with E-state index in [0.717, 1.165) is 12.8 Å². The van der Waals surface area contributed by atoms with Gasteiger partial charge in [-0.3, -0.25) is 4.79 Å². The largest absolute Gasteiger partial charge is 0.337 e. The fourth-order valence-corrected chi connectivity index (χ4v) is 6.61. The van der Waals surface area contributed by atoms with Crippen LogP contribution in [-0.2, 0) is 15.6 Å². The van der Waals surface area contributed by atoms with Crippen molar-refractivity contribution in [1.29, 1.82) is 0 Å². The molecule has 0 N–H and O–H groups in total. The molecule has 0 bridgehead atoms. The second-order valence-electron chi connectivity index (χ2n) is 8.80. The number of sulfone groups is 1. The molecular weight excluding hydrogens is 443 g/mol. The number of aromatic nitrogens is 1. The molecule has 1 fully saturated rings. The highest BCUT2D eigenvalue weighted by molar-refractivity contribution is 7.90. The van der Waals surface area contributed by atoms with Crippen molar-refractivity contribution in [3.05, 3.63) is 57.8 Å². The minimum Gasteiger partial charge on any atom is -0.337 e. The van der Waals surface area contributed by atoms with Crippen LogP contribution >= 0.6 is 23.2 Å². The molecule has 0 radical (unpaired) electrons. The summed E-state index contributed by atoms with van der Waals surface area (Å²) >= 11 is 12.1. The number of halogens is 2. The van der Waals surface area contributed by atoms with Gasteiger partial charge in [0.15, 0.2) is 9.84 Å². The molecule has 30 heavy (non-hydrogen) atoms. The third kappa shape index (κ3) is 5.34. The summed E-state index contributed by atoms with van der Waals surface area (Å²) < 4.78 is 25.8. The van der Waals surface area contributed by atoms with E-state index in [1.54, 1.807) is 24.3 Å². The molecule has 162 valence electrons. The zero-order chi connectivity index (χ0) is 22.1. The summed E-state index contributed by atoms with van der Waals surface area (Å²) in [7, 11) is -3.82. The van der Waals surface area contributed by atoms with Gasteiger partial charge in [0.05, 0.1) is 21.5 Å². The summed E-state index contributed by atoms with van der Waals surface area (Å²) in [6.07, 6.45) is 1.98. The first kappa shape index (κ1) is 23.0. The van der Waals surface area contributed by atoms with E-state index in [4.69, 9.17) is 23.2 Å². The molecule has 8 heteroatoms. The van der Waals surface area contributed by atoms with E-state index < -0.39 is 9.84 Å². The minimum atomic E-state index is -3.82. The smallest absolute Gasteiger partial charge is 0.272 e. The maximum Gasteiger partial charge on any atom is 0.272 e. The van der Waals surface area contributed by atoms with E-state index in [1.165, 1.54) is 12.1 Å². The third-order valence-corrected chi connectivity index (χ3v) is 7.96. The Kier molecular flexibility index (Phi) is 6.80. The number of likely N-dealkylation sites (tertiary alicyclic amines) is 1. The number of amides is 1. The van der Waals surface area contributed by atoms with Crippen LogP contribution in [0.5, 0.6) is 0 Å². The van der Waals surface area contributed by atoms with Gasteiger partial charge in [0, 0.05) is 13.1 Å². The first-order chi connectivity index (χ1) is 14.0. The Balaban J connectivity index is 1.83. The Hall–Kier alpha value is -1.63. The lowest BCUT2D eigenvalue weighted by molar-refractivity contribution is 0.0737. The molecule has 1 aliphatic rings. The normalized spacial score (nSPS) is 19.4. The highest BCUT2D eigenvalue weighted by Gasteiger charge is 2.30. The molecule has 1 aromatic carbocycles. The van der Waals surface area contributed by atoms with Gasteiger partial charge < -0.3 is 4.90 Å². The van der Waals surface area contributed by atoms with Crippen LogP contribution in [0.25, 0.3) is 0 Å². The summed E-state index contributed by atoms with van der Waals surface area (Å²) in [6.45, 7) is 7.93. The molecule has 1 aromatic heterocycles. The first-order valence-corrected chi connectivity index (χ1v) is 12.3. The number of hydrogen-bond donors (Lipinski definition) is 0. The molecule has 0 spiro atoms. The molecule has 0 saturated carbocycles. The van der Waals surface area contributed by atoms with Crippen molar-refractivity contribution in [1.82, 2.24) is 9.88 Å². The van der Waals surface area contributed by atoms with Gasteiger partial charge in [-0.25, -0.2) is 13.4 Å². The van der Waals surface area contributed by atoms with Crippen molar-refractivity contribution in [2.24, 2.45) is 11.3 Å². The summed E-state index contributed by atoms with van der Waals surface area (Å²) in [5.74, 6) is -0.173. The number of nitrogens with zero attached hydrogens (tertiary/aromatic N) is 2. The van der Waals surface area contributed by atoms with Crippen LogP contribution in [0.1, 0.15) is 49.8 Å². The third-order valence-electron chi connectivity index (χ3n) is 5.37. The van der Waals surface area contributed by atoms with Crippen LogP contribution in [0.4, 0.5) is 0 Å². The monoisotopic (exact) mass is 468 g/mol. The van der Waals surface area contributed by atoms with E-state index in [1.807, 2.05) is 4.90 Å². The van der Waals surface area contributed by atoms with Crippen LogP contribution < -0.4 is 0 Å². The lowest BCUT2D eigenvalue weighted by Gasteiger charge is -2.23. The van der Waals surface area contributed by atoms with E-state index >= 15 is 0 Å². The number of rotatable bonds is 4. The van der Waals surface area contributed by atoms with Gasteiger partial charge in [0.2, 0.25) is 0 Å². The molecule has 2 aromatic rings. The number of carbonyl (C=O) groups is 1. The highest BCUT2D eigenvalue weighted by Crippen LogP contribution is 2.33. The molecule has 2 heterocycles. The van der Waals surface area contributed by atoms with E-state index in [-0.39, 0.29) is 43.4 Å². The van der Waals surface area contributed by atoms with Gasteiger partial charge in [-0.15, -0.1) is 0 Å². The molecular formula is C22H26Cl2N2O3S. The van der Waals surface area contributed by atoms with Crippen molar-refractivity contribution >= 4 is 38.9 Å². The SMILES string of the molecule is C[C@H]1CN(C(=O)c2cccc(CS(=O)(=O)c3c(Cl)cccc3Cl)n2)CCC(C)(C)C1. The number of hydrogen-bond acceptors (Lipinski definition) is 4. The molecule has 5 nitrogen and oxygen atoms in total. The lowest BCUT2D eigenvalue weighted by Crippen LogP contribution is -2.34. The zero-order valence-corrected chi connectivity index (χ0v) is 19.7. The van der Waals surface area contributed by atoms with Crippen molar-refractivity contribution < 1.29 is 13.2 Å². The second-order valence-corrected chi connectivity index (χ2v) is 11.5. The highest BCUT2D eigenvalue weighted by atomic mass is 35.5. The molecule has 1 aliphatic heterocycles. The van der Waals surface area contributed by atoms with Gasteiger partial charge >= 0.3 is 0 Å². The van der Waals surface area contributed by atoms with Gasteiger partial charge in [0.25, 0.3) is 5.91 Å². The van der Waals surface area contributed by atoms with Crippen LogP contribution in [0.3, 0.4) is 0 Å². The quantitative estimate of drug-likeness (QED) is 0.613. The van der Waals surface area contributed by atoms with Gasteiger partial charge in [-0.1, -0.05) is 56.1 Å². The van der Waals surface area contributed by atoms with Crippen LogP contribution in [0.15, 0.2) is 41.3 Å². The summed E-state index contributed by atoms with van der Waals surface area (Å²) in [6, 6.07) is 9.43. The van der Waals surface area contributed by atoms with E-state index in [9.17, 15) is 13.2 Å². The Morgan fingerprint density at radius 1 is 1.17 bits per heavy atom. The summed E-state index contributed by atoms with van der Waals surface area (Å²) in [4.78, 5) is 19.1. The van der Waals surface area contributed by atoms with Gasteiger partial charge in [0.1, 0.15) is 10.6 Å². The predicted octanol–water partition coefficient (Wildman–Crippen LogP) is 5.26. The molecule has 0 unspecified atom stereocenters. The molecule has 0 aliphatic carbocycles. The van der Waals surface area contributed by atoms with Gasteiger partial charge in [-0.2, -0.15) is 0 Å². The van der Waals surface area contributed by atoms with Crippen molar-refractivity contribution in [3.8, 4) is 0 Å². The van der Waals surface area contributed by atoms with E-state index in [0.29, 0.717) is 19.0 Å². The van der Waals surface area contributed by atoms with Crippen molar-refractivity contribution in [2.75, 3.05) is 13.1 Å². The van der Waals surface area contributed by atoms with E-state index in [2.05, 4.69) is 25.8 Å². The number of benzene rings is 1. The minimum absolute atomic E-state index is 0.0656. The van der Waals surface area contributed by atoms with Crippen molar-refractivity contribution in [2.45, 2.75) is 44.3 Å². The Morgan fingerprint density at radius 2 is 1.80 bits per heavy atom. The Morgan fingerprint density at radius 3 is 2.47 bits per heavy atom. The average molecular weight is 469 g/mol. The topological polar surface area (TPSA) is 67.3 Å². The predicted molar refractivity (Wildman–Crippen MR) is 120 cm³/mol. The average Bonchev–Trinajstić information content (AvgIpc) is 2.77. The van der Waals surface area contributed by atoms with Crippen LogP contribution in [0.2, 0.25) is 10.0 Å². The zero-order valence-electron chi connectivity index (χ0n) is 17.4. The molecule has 1 saturated heterocycles. The Bertz CT molecular complexity index is 1030. The Labute approximate surface area is 188 Å². The maximum atomic E-state index is 13.1. The van der Waals surface area contributed by atoms with Gasteiger partial charge in [-0.05, 0) is 48.4 Å². The van der Waals surface area contributed by atoms with Crippen LogP contribution in [0, 0.1) is 11.3 Å². The fraction of sp³-hybridized carbons (Fsp3) is 0.455. The fourth-order valence-electron chi connectivity index (χ4n) is 4.09. The lowest BCUT2D eigenvalue weighted by atomic mass is 9.82. The molecule has 1 amide bonds. The first-order valence-electron chi connectivity index (χ1n) is 9.90. The number of pyridine rings is 1. The van der Waals surface area contributed by atoms with Crippen molar-refractivity contribution in [3.63, 3.8) is 0 Å². The molecule has 3 rings (SSSR count). The molecule has 1 atom stereocenters. The standard InChI is InChI=1S/C22H26Cl2N2O3S/c1-15-12-22(2,3)10-11-26(13-15)21(27)19-9-4-6-16(25-19)14-30(28,29)20-17(23)7-5-8-18(20)24/h4-9,15H,10-14H2,1-3H3/t15-/m1/s1. The second kappa shape index (κ2) is 8.85. The summed E-state index contributed by atoms with van der Waals surface area (Å²) in [5, 5.41) is 0.131. The van der Waals surface area contributed by atoms with Crippen LogP contribution in [-0.4, -0.2) is 37.3 Å². The number of carbonyl (C=O) groups excluding carboxylic acids is 1. The maximum absolute atomic E-state index is 13.1. The summed E-state index contributed by atoms with van der Waals surface area (Å²) in [5.41, 5.74) is 0.714.